The SMILES string of the molecule is CC1(C)c2ccccc2-c2cc(N(c3ccc4cc(-c5ccc6ccccc6c5)ccc4c3)c3ccccc3-c3ccccc3)ccc21. The fourth-order valence-corrected chi connectivity index (χ4v) is 7.73. The minimum atomic E-state index is -0.0388. The third kappa shape index (κ3) is 4.62. The zero-order valence-corrected chi connectivity index (χ0v) is 27.2. The minimum Gasteiger partial charge on any atom is -0.310 e. The predicted octanol–water partition coefficient (Wildman–Crippen LogP) is 13.1. The summed E-state index contributed by atoms with van der Waals surface area (Å²) in [6.45, 7) is 4.69. The lowest BCUT2D eigenvalue weighted by molar-refractivity contribution is 0.660. The summed E-state index contributed by atoms with van der Waals surface area (Å²) in [7, 11) is 0. The van der Waals surface area contributed by atoms with E-state index in [0.717, 1.165) is 17.1 Å². The first-order chi connectivity index (χ1) is 23.5. The van der Waals surface area contributed by atoms with Crippen LogP contribution in [0.2, 0.25) is 0 Å². The van der Waals surface area contributed by atoms with Crippen molar-refractivity contribution < 1.29 is 0 Å². The van der Waals surface area contributed by atoms with Gasteiger partial charge in [0, 0.05) is 22.4 Å². The van der Waals surface area contributed by atoms with Crippen LogP contribution in [0.4, 0.5) is 17.1 Å². The average molecular weight is 614 g/mol. The van der Waals surface area contributed by atoms with E-state index in [0.29, 0.717) is 0 Å². The van der Waals surface area contributed by atoms with Crippen molar-refractivity contribution in [3.05, 3.63) is 187 Å². The van der Waals surface area contributed by atoms with Gasteiger partial charge >= 0.3 is 0 Å². The van der Waals surface area contributed by atoms with Gasteiger partial charge in [0.1, 0.15) is 0 Å². The van der Waals surface area contributed by atoms with Crippen LogP contribution in [0, 0.1) is 0 Å². The van der Waals surface area contributed by atoms with E-state index >= 15 is 0 Å². The molecule has 0 radical (unpaired) electrons. The van der Waals surface area contributed by atoms with Gasteiger partial charge in [-0.25, -0.2) is 0 Å². The Labute approximate surface area is 282 Å². The van der Waals surface area contributed by atoms with Gasteiger partial charge in [-0.05, 0) is 103 Å². The van der Waals surface area contributed by atoms with E-state index in [1.54, 1.807) is 0 Å². The maximum Gasteiger partial charge on any atom is 0.0540 e. The summed E-state index contributed by atoms with van der Waals surface area (Å²) in [6, 6.07) is 64.5. The fraction of sp³-hybridized carbons (Fsp3) is 0.0638. The predicted molar refractivity (Wildman–Crippen MR) is 205 cm³/mol. The first-order valence-corrected chi connectivity index (χ1v) is 16.8. The standard InChI is InChI=1S/C47H35N/c1-47(2)44-18-10-8-17-42(44)43-31-40(26-27-45(43)47)48(46-19-11-9-16-41(46)33-13-4-3-5-14-33)39-25-24-37-29-36(22-23-38(37)30-39)35-21-20-32-12-6-7-15-34(32)28-35/h3-31H,1-2H3. The van der Waals surface area contributed by atoms with Crippen molar-refractivity contribution in [2.45, 2.75) is 19.3 Å². The van der Waals surface area contributed by atoms with E-state index in [2.05, 4.69) is 195 Å². The van der Waals surface area contributed by atoms with Gasteiger partial charge in [0.05, 0.1) is 5.69 Å². The highest BCUT2D eigenvalue weighted by Gasteiger charge is 2.35. The molecule has 0 saturated heterocycles. The van der Waals surface area contributed by atoms with Crippen LogP contribution in [0.1, 0.15) is 25.0 Å². The Bertz CT molecular complexity index is 2490. The van der Waals surface area contributed by atoms with Crippen LogP contribution in [0.3, 0.4) is 0 Å². The normalized spacial score (nSPS) is 13.0. The number of anilines is 3. The Hall–Kier alpha value is -5.92. The Morgan fingerprint density at radius 1 is 0.354 bits per heavy atom. The molecule has 0 atom stereocenters. The van der Waals surface area contributed by atoms with Crippen molar-refractivity contribution in [1.82, 2.24) is 0 Å². The molecule has 0 fully saturated rings. The van der Waals surface area contributed by atoms with Crippen LogP contribution in [0.25, 0.3) is 54.9 Å². The van der Waals surface area contributed by atoms with Crippen LogP contribution in [0.15, 0.2) is 176 Å². The third-order valence-corrected chi connectivity index (χ3v) is 10.2. The molecule has 228 valence electrons. The van der Waals surface area contributed by atoms with Crippen LogP contribution < -0.4 is 4.90 Å². The smallest absolute Gasteiger partial charge is 0.0540 e. The van der Waals surface area contributed by atoms with E-state index in [1.807, 2.05) is 0 Å². The van der Waals surface area contributed by atoms with Gasteiger partial charge in [0.2, 0.25) is 0 Å². The number of nitrogens with zero attached hydrogens (tertiary/aromatic N) is 1. The topological polar surface area (TPSA) is 3.24 Å². The number of hydrogen-bond acceptors (Lipinski definition) is 1. The maximum absolute atomic E-state index is 2.44. The van der Waals surface area contributed by atoms with Crippen molar-refractivity contribution in [1.29, 1.82) is 0 Å². The molecule has 0 heterocycles. The first kappa shape index (κ1) is 28.3. The van der Waals surface area contributed by atoms with Crippen LogP contribution in [-0.2, 0) is 5.41 Å². The van der Waals surface area contributed by atoms with Gasteiger partial charge < -0.3 is 4.90 Å². The molecule has 1 nitrogen and oxygen atoms in total. The Morgan fingerprint density at radius 2 is 0.896 bits per heavy atom. The molecule has 48 heavy (non-hydrogen) atoms. The van der Waals surface area contributed by atoms with Crippen LogP contribution in [-0.4, -0.2) is 0 Å². The summed E-state index contributed by atoms with van der Waals surface area (Å²) in [4.78, 5) is 2.44. The maximum atomic E-state index is 2.44. The Kier molecular flexibility index (Phi) is 6.55. The van der Waals surface area contributed by atoms with Crippen LogP contribution >= 0.6 is 0 Å². The first-order valence-electron chi connectivity index (χ1n) is 16.8. The molecule has 9 rings (SSSR count). The van der Waals surface area contributed by atoms with Gasteiger partial charge in [0.15, 0.2) is 0 Å². The number of rotatable bonds is 5. The second-order valence-electron chi connectivity index (χ2n) is 13.4. The van der Waals surface area contributed by atoms with Crippen molar-refractivity contribution in [3.63, 3.8) is 0 Å². The molecule has 0 aromatic heterocycles. The summed E-state index contributed by atoms with van der Waals surface area (Å²) in [5.41, 5.74) is 13.7. The van der Waals surface area contributed by atoms with E-state index < -0.39 is 0 Å². The number of fused-ring (bicyclic) bond motifs is 5. The van der Waals surface area contributed by atoms with Crippen LogP contribution in [0.5, 0.6) is 0 Å². The largest absolute Gasteiger partial charge is 0.310 e. The summed E-state index contributed by atoms with van der Waals surface area (Å²) in [5, 5.41) is 4.97. The fourth-order valence-electron chi connectivity index (χ4n) is 7.73. The number of para-hydroxylation sites is 1. The Morgan fingerprint density at radius 3 is 1.71 bits per heavy atom. The second-order valence-corrected chi connectivity index (χ2v) is 13.4. The molecule has 0 unspecified atom stereocenters. The van der Waals surface area contributed by atoms with E-state index in [1.165, 1.54) is 66.1 Å². The summed E-state index contributed by atoms with van der Waals surface area (Å²) >= 11 is 0. The van der Waals surface area contributed by atoms with Gasteiger partial charge in [-0.2, -0.15) is 0 Å². The van der Waals surface area contributed by atoms with Gasteiger partial charge in [-0.15, -0.1) is 0 Å². The molecule has 1 aliphatic carbocycles. The highest BCUT2D eigenvalue weighted by Crippen LogP contribution is 2.51. The molecule has 0 bridgehead atoms. The Balaban J connectivity index is 1.21. The molecule has 0 N–H and O–H groups in total. The molecule has 0 spiro atoms. The zero-order chi connectivity index (χ0) is 32.2. The average Bonchev–Trinajstić information content (AvgIpc) is 3.37. The van der Waals surface area contributed by atoms with E-state index in [-0.39, 0.29) is 5.41 Å². The molecule has 0 saturated carbocycles. The monoisotopic (exact) mass is 613 g/mol. The molecule has 0 aliphatic heterocycles. The third-order valence-electron chi connectivity index (χ3n) is 10.2. The quantitative estimate of drug-likeness (QED) is 0.187. The zero-order valence-electron chi connectivity index (χ0n) is 27.2. The lowest BCUT2D eigenvalue weighted by atomic mass is 9.82. The minimum absolute atomic E-state index is 0.0388. The van der Waals surface area contributed by atoms with E-state index in [4.69, 9.17) is 0 Å². The van der Waals surface area contributed by atoms with Gasteiger partial charge in [-0.1, -0.05) is 147 Å². The second kappa shape index (κ2) is 11.1. The van der Waals surface area contributed by atoms with Crippen molar-refractivity contribution in [2.75, 3.05) is 4.90 Å². The lowest BCUT2D eigenvalue weighted by Gasteiger charge is -2.29. The van der Waals surface area contributed by atoms with E-state index in [9.17, 15) is 0 Å². The van der Waals surface area contributed by atoms with Crippen molar-refractivity contribution in [2.24, 2.45) is 0 Å². The molecule has 8 aromatic rings. The molecular formula is C47H35N. The summed E-state index contributed by atoms with van der Waals surface area (Å²) in [6.07, 6.45) is 0. The van der Waals surface area contributed by atoms with Gasteiger partial charge in [-0.3, -0.25) is 0 Å². The molecule has 1 aliphatic rings. The van der Waals surface area contributed by atoms with Crippen molar-refractivity contribution >= 4 is 38.6 Å². The molecular weight excluding hydrogens is 579 g/mol. The summed E-state index contributed by atoms with van der Waals surface area (Å²) in [5.74, 6) is 0. The molecule has 1 heteroatoms. The highest BCUT2D eigenvalue weighted by atomic mass is 15.1. The molecule has 0 amide bonds. The summed E-state index contributed by atoms with van der Waals surface area (Å²) < 4.78 is 0. The lowest BCUT2D eigenvalue weighted by Crippen LogP contribution is -2.15. The number of benzene rings is 8. The van der Waals surface area contributed by atoms with Crippen molar-refractivity contribution in [3.8, 4) is 33.4 Å². The molecule has 8 aromatic carbocycles. The highest BCUT2D eigenvalue weighted by molar-refractivity contribution is 5.96. The number of hydrogen-bond donors (Lipinski definition) is 0. The van der Waals surface area contributed by atoms with Gasteiger partial charge in [0.25, 0.3) is 0 Å².